The van der Waals surface area contributed by atoms with Gasteiger partial charge >= 0.3 is 6.03 Å². The molecule has 3 N–H and O–H groups in total. The maximum atomic E-state index is 13.0. The predicted molar refractivity (Wildman–Crippen MR) is 125 cm³/mol. The Morgan fingerprint density at radius 2 is 2.06 bits per heavy atom. The number of imide groups is 1. The molecule has 0 saturated carbocycles. The summed E-state index contributed by atoms with van der Waals surface area (Å²) >= 11 is 1.61. The van der Waals surface area contributed by atoms with Gasteiger partial charge in [-0.2, -0.15) is 0 Å². The van der Waals surface area contributed by atoms with Gasteiger partial charge in [0.05, 0.1) is 13.1 Å². The molecule has 32 heavy (non-hydrogen) atoms. The van der Waals surface area contributed by atoms with Crippen molar-refractivity contribution < 1.29 is 14.4 Å². The molecule has 0 radical (unpaired) electrons. The van der Waals surface area contributed by atoms with Crippen LogP contribution in [0.15, 0.2) is 35.7 Å². The van der Waals surface area contributed by atoms with Crippen molar-refractivity contribution in [3.8, 4) is 0 Å². The lowest BCUT2D eigenvalue weighted by Crippen LogP contribution is -2.32. The fourth-order valence-corrected chi connectivity index (χ4v) is 4.48. The van der Waals surface area contributed by atoms with Crippen LogP contribution < -0.4 is 10.6 Å². The zero-order valence-corrected chi connectivity index (χ0v) is 19.1. The van der Waals surface area contributed by atoms with E-state index in [4.69, 9.17) is 0 Å². The van der Waals surface area contributed by atoms with Crippen molar-refractivity contribution in [3.63, 3.8) is 0 Å². The largest absolute Gasteiger partial charge is 0.350 e. The molecule has 1 aliphatic rings. The van der Waals surface area contributed by atoms with Crippen LogP contribution in [0.1, 0.15) is 26.5 Å². The number of urea groups is 1. The minimum atomic E-state index is -0.339. The third kappa shape index (κ3) is 4.84. The Bertz CT molecular complexity index is 1120. The zero-order valence-electron chi connectivity index (χ0n) is 18.2. The average Bonchev–Trinajstić information content (AvgIpc) is 3.49. The number of fused-ring (bicyclic) bond motifs is 1. The third-order valence-corrected chi connectivity index (χ3v) is 6.45. The number of hydrogen-bond donors (Lipinski definition) is 3. The Kier molecular flexibility index (Phi) is 6.57. The van der Waals surface area contributed by atoms with Gasteiger partial charge < -0.3 is 20.5 Å². The Labute approximate surface area is 190 Å². The molecule has 168 valence electrons. The fourth-order valence-electron chi connectivity index (χ4n) is 3.83. The van der Waals surface area contributed by atoms with Gasteiger partial charge in [0, 0.05) is 28.9 Å². The molecule has 9 heteroatoms. The molecule has 3 heterocycles. The fraction of sp³-hybridized carbons (Fsp3) is 0.348. The second kappa shape index (κ2) is 9.54. The van der Waals surface area contributed by atoms with Crippen LogP contribution in [0.25, 0.3) is 10.9 Å². The highest BCUT2D eigenvalue weighted by molar-refractivity contribution is 7.09. The molecule has 8 nitrogen and oxygen atoms in total. The summed E-state index contributed by atoms with van der Waals surface area (Å²) in [6.07, 6.45) is 1.29. The number of thiophene rings is 1. The SMILES string of the molecule is CN(C)CCc1c(C(=O)NCc2cccs2)[nH]c2ccc(CCN3C(=O)CNC3=O)cc12. The summed E-state index contributed by atoms with van der Waals surface area (Å²) in [5.41, 5.74) is 3.48. The van der Waals surface area contributed by atoms with E-state index in [1.807, 2.05) is 43.7 Å². The van der Waals surface area contributed by atoms with Gasteiger partial charge in [-0.3, -0.25) is 14.5 Å². The Morgan fingerprint density at radius 1 is 1.22 bits per heavy atom. The summed E-state index contributed by atoms with van der Waals surface area (Å²) in [4.78, 5) is 44.4. The third-order valence-electron chi connectivity index (χ3n) is 5.57. The van der Waals surface area contributed by atoms with Gasteiger partial charge in [-0.25, -0.2) is 4.79 Å². The number of H-pyrrole nitrogens is 1. The lowest BCUT2D eigenvalue weighted by molar-refractivity contribution is -0.124. The van der Waals surface area contributed by atoms with E-state index in [0.29, 0.717) is 25.2 Å². The molecule has 1 fully saturated rings. The first-order valence-corrected chi connectivity index (χ1v) is 11.5. The Hall–Kier alpha value is -3.17. The van der Waals surface area contributed by atoms with E-state index in [0.717, 1.165) is 39.9 Å². The van der Waals surface area contributed by atoms with Gasteiger partial charge in [0.2, 0.25) is 5.91 Å². The zero-order chi connectivity index (χ0) is 22.7. The van der Waals surface area contributed by atoms with E-state index in [9.17, 15) is 14.4 Å². The van der Waals surface area contributed by atoms with Crippen molar-refractivity contribution in [3.05, 3.63) is 57.4 Å². The van der Waals surface area contributed by atoms with Crippen molar-refractivity contribution in [1.29, 1.82) is 0 Å². The van der Waals surface area contributed by atoms with Crippen LogP contribution >= 0.6 is 11.3 Å². The summed E-state index contributed by atoms with van der Waals surface area (Å²) in [6, 6.07) is 9.63. The van der Waals surface area contributed by atoms with Crippen molar-refractivity contribution in [1.82, 2.24) is 25.4 Å². The van der Waals surface area contributed by atoms with Crippen LogP contribution in [0.5, 0.6) is 0 Å². The first kappa shape index (κ1) is 22.0. The molecule has 0 aliphatic carbocycles. The molecule has 1 aromatic carbocycles. The van der Waals surface area contributed by atoms with Gasteiger partial charge in [-0.05, 0) is 61.6 Å². The van der Waals surface area contributed by atoms with E-state index in [-0.39, 0.29) is 24.4 Å². The number of likely N-dealkylation sites (N-methyl/N-ethyl adjacent to an activating group) is 1. The number of carbonyl (C=O) groups excluding carboxylic acids is 3. The molecule has 2 aromatic heterocycles. The Balaban J connectivity index is 1.57. The minimum absolute atomic E-state index is 0.0638. The first-order chi connectivity index (χ1) is 15.4. The highest BCUT2D eigenvalue weighted by Gasteiger charge is 2.27. The molecule has 1 saturated heterocycles. The molecular formula is C23H27N5O3S. The van der Waals surface area contributed by atoms with E-state index < -0.39 is 0 Å². The van der Waals surface area contributed by atoms with Crippen LogP contribution in [0.3, 0.4) is 0 Å². The highest BCUT2D eigenvalue weighted by atomic mass is 32.1. The minimum Gasteiger partial charge on any atom is -0.350 e. The maximum absolute atomic E-state index is 13.0. The van der Waals surface area contributed by atoms with Gasteiger partial charge in [-0.1, -0.05) is 12.1 Å². The molecule has 0 unspecified atom stereocenters. The number of rotatable bonds is 9. The molecule has 1 aliphatic heterocycles. The summed E-state index contributed by atoms with van der Waals surface area (Å²) in [6.45, 7) is 1.71. The molecule has 4 rings (SSSR count). The lowest BCUT2D eigenvalue weighted by atomic mass is 10.0. The summed E-state index contributed by atoms with van der Waals surface area (Å²) in [5.74, 6) is -0.321. The topological polar surface area (TPSA) is 97.5 Å². The number of amides is 4. The number of nitrogens with zero attached hydrogens (tertiary/aromatic N) is 2. The average molecular weight is 454 g/mol. The number of aromatic amines is 1. The molecule has 0 spiro atoms. The number of hydrogen-bond acceptors (Lipinski definition) is 5. The number of nitrogens with one attached hydrogen (secondary N) is 3. The number of aromatic nitrogens is 1. The van der Waals surface area contributed by atoms with Crippen molar-refractivity contribution in [2.24, 2.45) is 0 Å². The highest BCUT2D eigenvalue weighted by Crippen LogP contribution is 2.25. The van der Waals surface area contributed by atoms with E-state index in [1.54, 1.807) is 11.3 Å². The summed E-state index contributed by atoms with van der Waals surface area (Å²) in [7, 11) is 4.02. The van der Waals surface area contributed by atoms with Crippen LogP contribution in [0, 0.1) is 0 Å². The van der Waals surface area contributed by atoms with Gasteiger partial charge in [0.15, 0.2) is 0 Å². The quantitative estimate of drug-likeness (QED) is 0.433. The Morgan fingerprint density at radius 3 is 2.75 bits per heavy atom. The van der Waals surface area contributed by atoms with Crippen molar-refractivity contribution in [2.75, 3.05) is 33.7 Å². The van der Waals surface area contributed by atoms with Crippen LogP contribution in [0.4, 0.5) is 4.79 Å². The van der Waals surface area contributed by atoms with Crippen molar-refractivity contribution in [2.45, 2.75) is 19.4 Å². The smallest absolute Gasteiger partial charge is 0.324 e. The summed E-state index contributed by atoms with van der Waals surface area (Å²) < 4.78 is 0. The molecule has 0 bridgehead atoms. The van der Waals surface area contributed by atoms with Gasteiger partial charge in [0.1, 0.15) is 5.69 Å². The predicted octanol–water partition coefficient (Wildman–Crippen LogP) is 2.36. The molecular weight excluding hydrogens is 426 g/mol. The molecule has 4 amide bonds. The molecule has 3 aromatic rings. The van der Waals surface area contributed by atoms with Crippen LogP contribution in [-0.4, -0.2) is 66.4 Å². The summed E-state index contributed by atoms with van der Waals surface area (Å²) in [5, 5.41) is 8.56. The lowest BCUT2D eigenvalue weighted by Gasteiger charge is -2.13. The van der Waals surface area contributed by atoms with Gasteiger partial charge in [-0.15, -0.1) is 11.3 Å². The van der Waals surface area contributed by atoms with E-state index >= 15 is 0 Å². The van der Waals surface area contributed by atoms with E-state index in [1.165, 1.54) is 4.90 Å². The van der Waals surface area contributed by atoms with Crippen LogP contribution in [-0.2, 0) is 24.2 Å². The number of carbonyl (C=O) groups is 3. The first-order valence-electron chi connectivity index (χ1n) is 10.6. The number of benzene rings is 1. The van der Waals surface area contributed by atoms with Crippen molar-refractivity contribution >= 4 is 40.1 Å². The van der Waals surface area contributed by atoms with Crippen LogP contribution in [0.2, 0.25) is 0 Å². The standard InChI is InChI=1S/C23H27N5O3S/c1-27(2)9-8-17-18-12-15(7-10-28-20(29)14-25-23(28)31)5-6-19(18)26-21(17)22(30)24-13-16-4-3-11-32-16/h3-6,11-12,26H,7-10,13-14H2,1-2H3,(H,24,30)(H,25,31). The second-order valence-electron chi connectivity index (χ2n) is 8.13. The maximum Gasteiger partial charge on any atom is 0.324 e. The second-order valence-corrected chi connectivity index (χ2v) is 9.16. The monoisotopic (exact) mass is 453 g/mol. The van der Waals surface area contributed by atoms with Gasteiger partial charge in [0.25, 0.3) is 5.91 Å². The molecule has 0 atom stereocenters. The normalized spacial score (nSPS) is 13.9. The van der Waals surface area contributed by atoms with E-state index in [2.05, 4.69) is 26.6 Å².